The van der Waals surface area contributed by atoms with Crippen LogP contribution in [0.15, 0.2) is 0 Å². The highest BCUT2D eigenvalue weighted by atomic mass is 16.4. The Bertz CT molecular complexity index is 494. The predicted octanol–water partition coefficient (Wildman–Crippen LogP) is 1.34. The second kappa shape index (κ2) is 7.07. The molecule has 6 nitrogen and oxygen atoms in total. The lowest BCUT2D eigenvalue weighted by Gasteiger charge is -2.13. The van der Waals surface area contributed by atoms with Gasteiger partial charge in [-0.05, 0) is 32.3 Å². The third-order valence-corrected chi connectivity index (χ3v) is 3.47. The molecule has 1 atom stereocenters. The van der Waals surface area contributed by atoms with Crippen LogP contribution >= 0.6 is 0 Å². The smallest absolute Gasteiger partial charge is 0.326 e. The first kappa shape index (κ1) is 16.2. The highest BCUT2D eigenvalue weighted by Gasteiger charge is 2.19. The molecule has 0 aliphatic carbocycles. The minimum absolute atomic E-state index is 0.228. The van der Waals surface area contributed by atoms with Crippen molar-refractivity contribution in [1.29, 1.82) is 0 Å². The summed E-state index contributed by atoms with van der Waals surface area (Å²) in [6.07, 6.45) is 2.03. The maximum atomic E-state index is 11.8. The molecule has 0 spiro atoms. The molecule has 1 aromatic rings. The second-order valence-corrected chi connectivity index (χ2v) is 5.02. The number of aromatic nitrogens is 2. The van der Waals surface area contributed by atoms with Crippen molar-refractivity contribution in [1.82, 2.24) is 15.1 Å². The summed E-state index contributed by atoms with van der Waals surface area (Å²) in [6.45, 7) is 5.77. The van der Waals surface area contributed by atoms with Gasteiger partial charge in [0.2, 0.25) is 5.91 Å². The fourth-order valence-electron chi connectivity index (χ4n) is 2.23. The van der Waals surface area contributed by atoms with Crippen molar-refractivity contribution in [3.8, 4) is 0 Å². The summed E-state index contributed by atoms with van der Waals surface area (Å²) in [5, 5.41) is 15.9. The summed E-state index contributed by atoms with van der Waals surface area (Å²) in [7, 11) is 1.87. The summed E-state index contributed by atoms with van der Waals surface area (Å²) < 4.78 is 1.79. The van der Waals surface area contributed by atoms with Crippen molar-refractivity contribution in [3.63, 3.8) is 0 Å². The SMILES string of the molecule is CCC[C@@H](NC(=O)CCc1c(C)nn(C)c1C)C(=O)O. The van der Waals surface area contributed by atoms with Gasteiger partial charge in [0.25, 0.3) is 0 Å². The van der Waals surface area contributed by atoms with E-state index in [0.717, 1.165) is 23.4 Å². The third-order valence-electron chi connectivity index (χ3n) is 3.47. The van der Waals surface area contributed by atoms with E-state index < -0.39 is 12.0 Å². The summed E-state index contributed by atoms with van der Waals surface area (Å²) in [4.78, 5) is 22.8. The number of carboxylic acid groups (broad SMARTS) is 1. The van der Waals surface area contributed by atoms with Crippen LogP contribution in [-0.4, -0.2) is 32.8 Å². The fourth-order valence-corrected chi connectivity index (χ4v) is 2.23. The third kappa shape index (κ3) is 4.08. The Balaban J connectivity index is 2.56. The number of carbonyl (C=O) groups is 2. The average Bonchev–Trinajstić information content (AvgIpc) is 2.60. The summed E-state index contributed by atoms with van der Waals surface area (Å²) in [5.74, 6) is -1.21. The number of nitrogens with zero attached hydrogens (tertiary/aromatic N) is 2. The monoisotopic (exact) mass is 281 g/mol. The van der Waals surface area contributed by atoms with Gasteiger partial charge in [-0.15, -0.1) is 0 Å². The minimum Gasteiger partial charge on any atom is -0.480 e. The van der Waals surface area contributed by atoms with E-state index in [9.17, 15) is 9.59 Å². The van der Waals surface area contributed by atoms with E-state index in [4.69, 9.17) is 5.11 Å². The zero-order valence-corrected chi connectivity index (χ0v) is 12.6. The average molecular weight is 281 g/mol. The first-order valence-corrected chi connectivity index (χ1v) is 6.88. The highest BCUT2D eigenvalue weighted by Crippen LogP contribution is 2.14. The van der Waals surface area contributed by atoms with Crippen LogP contribution in [0.25, 0.3) is 0 Å². The van der Waals surface area contributed by atoms with Crippen LogP contribution in [0.1, 0.15) is 43.1 Å². The number of nitrogens with one attached hydrogen (secondary N) is 1. The van der Waals surface area contributed by atoms with E-state index in [1.54, 1.807) is 4.68 Å². The lowest BCUT2D eigenvalue weighted by Crippen LogP contribution is -2.40. The Kier molecular flexibility index (Phi) is 5.73. The van der Waals surface area contributed by atoms with E-state index in [2.05, 4.69) is 10.4 Å². The van der Waals surface area contributed by atoms with Gasteiger partial charge in [-0.3, -0.25) is 9.48 Å². The first-order chi connectivity index (χ1) is 9.36. The van der Waals surface area contributed by atoms with Crippen molar-refractivity contribution in [2.24, 2.45) is 7.05 Å². The van der Waals surface area contributed by atoms with Crippen molar-refractivity contribution in [2.45, 2.75) is 52.5 Å². The Hall–Kier alpha value is -1.85. The highest BCUT2D eigenvalue weighted by molar-refractivity contribution is 5.83. The van der Waals surface area contributed by atoms with Gasteiger partial charge < -0.3 is 10.4 Å². The van der Waals surface area contributed by atoms with Gasteiger partial charge in [-0.2, -0.15) is 5.10 Å². The Morgan fingerprint density at radius 2 is 2.05 bits per heavy atom. The molecule has 0 bridgehead atoms. The van der Waals surface area contributed by atoms with Gasteiger partial charge in [-0.25, -0.2) is 4.79 Å². The second-order valence-electron chi connectivity index (χ2n) is 5.02. The van der Waals surface area contributed by atoms with Crippen molar-refractivity contribution < 1.29 is 14.7 Å². The number of aliphatic carboxylic acids is 1. The lowest BCUT2D eigenvalue weighted by atomic mass is 10.1. The summed E-state index contributed by atoms with van der Waals surface area (Å²) in [6, 6.07) is -0.788. The van der Waals surface area contributed by atoms with Crippen molar-refractivity contribution >= 4 is 11.9 Å². The van der Waals surface area contributed by atoms with E-state index in [-0.39, 0.29) is 12.3 Å². The predicted molar refractivity (Wildman–Crippen MR) is 75.5 cm³/mol. The quantitative estimate of drug-likeness (QED) is 0.790. The molecule has 0 aliphatic heterocycles. The lowest BCUT2D eigenvalue weighted by molar-refractivity contribution is -0.142. The van der Waals surface area contributed by atoms with Gasteiger partial charge in [-0.1, -0.05) is 13.3 Å². The number of carboxylic acids is 1. The van der Waals surface area contributed by atoms with Crippen LogP contribution in [0.3, 0.4) is 0 Å². The number of hydrogen-bond donors (Lipinski definition) is 2. The Labute approximate surface area is 119 Å². The normalized spacial score (nSPS) is 12.2. The first-order valence-electron chi connectivity index (χ1n) is 6.88. The number of amides is 1. The fraction of sp³-hybridized carbons (Fsp3) is 0.643. The molecule has 0 saturated carbocycles. The van der Waals surface area contributed by atoms with Crippen LogP contribution in [-0.2, 0) is 23.1 Å². The van der Waals surface area contributed by atoms with Crippen molar-refractivity contribution in [3.05, 3.63) is 17.0 Å². The molecule has 6 heteroatoms. The minimum atomic E-state index is -0.978. The van der Waals surface area contributed by atoms with E-state index in [1.165, 1.54) is 0 Å². The van der Waals surface area contributed by atoms with E-state index >= 15 is 0 Å². The number of aryl methyl sites for hydroxylation is 2. The zero-order valence-electron chi connectivity index (χ0n) is 12.6. The molecule has 1 amide bonds. The van der Waals surface area contributed by atoms with Crippen LogP contribution in [0.2, 0.25) is 0 Å². The standard InChI is InChI=1S/C14H23N3O3/c1-5-6-12(14(19)20)15-13(18)8-7-11-9(2)16-17(4)10(11)3/h12H,5-8H2,1-4H3,(H,15,18)(H,19,20)/t12-/m1/s1. The van der Waals surface area contributed by atoms with Crippen molar-refractivity contribution in [2.75, 3.05) is 0 Å². The molecule has 0 aliphatic rings. The molecular weight excluding hydrogens is 258 g/mol. The molecular formula is C14H23N3O3. The molecule has 0 fully saturated rings. The van der Waals surface area contributed by atoms with Crippen LogP contribution in [0, 0.1) is 13.8 Å². The maximum Gasteiger partial charge on any atom is 0.326 e. The van der Waals surface area contributed by atoms with Crippen LogP contribution in [0.5, 0.6) is 0 Å². The molecule has 1 rings (SSSR count). The topological polar surface area (TPSA) is 84.2 Å². The molecule has 0 radical (unpaired) electrons. The number of carbonyl (C=O) groups excluding carboxylic acids is 1. The maximum absolute atomic E-state index is 11.8. The largest absolute Gasteiger partial charge is 0.480 e. The van der Waals surface area contributed by atoms with E-state index in [1.807, 2.05) is 27.8 Å². The molecule has 0 unspecified atom stereocenters. The van der Waals surface area contributed by atoms with Gasteiger partial charge in [0.15, 0.2) is 0 Å². The van der Waals surface area contributed by atoms with Gasteiger partial charge in [0.05, 0.1) is 5.69 Å². The zero-order chi connectivity index (χ0) is 15.3. The Morgan fingerprint density at radius 1 is 1.40 bits per heavy atom. The summed E-state index contributed by atoms with van der Waals surface area (Å²) in [5.41, 5.74) is 3.02. The van der Waals surface area contributed by atoms with Gasteiger partial charge in [0.1, 0.15) is 6.04 Å². The number of rotatable bonds is 7. The van der Waals surface area contributed by atoms with Crippen LogP contribution < -0.4 is 5.32 Å². The number of hydrogen-bond acceptors (Lipinski definition) is 3. The molecule has 0 aromatic carbocycles. The van der Waals surface area contributed by atoms with Gasteiger partial charge in [0, 0.05) is 19.2 Å². The molecule has 20 heavy (non-hydrogen) atoms. The molecule has 1 aromatic heterocycles. The summed E-state index contributed by atoms with van der Waals surface area (Å²) >= 11 is 0. The van der Waals surface area contributed by atoms with Crippen LogP contribution in [0.4, 0.5) is 0 Å². The molecule has 2 N–H and O–H groups in total. The molecule has 0 saturated heterocycles. The van der Waals surface area contributed by atoms with E-state index in [0.29, 0.717) is 12.8 Å². The molecule has 112 valence electrons. The molecule has 1 heterocycles. The Morgan fingerprint density at radius 3 is 2.50 bits per heavy atom. The van der Waals surface area contributed by atoms with Gasteiger partial charge >= 0.3 is 5.97 Å².